The Morgan fingerprint density at radius 3 is 2.27 bits per heavy atom. The van der Waals surface area contributed by atoms with Crippen LogP contribution in [-0.4, -0.2) is 30.9 Å². The normalized spacial score (nSPS) is 10.1. The minimum absolute atomic E-state index is 0.0757. The Morgan fingerprint density at radius 2 is 1.62 bits per heavy atom. The molecule has 0 spiro atoms. The molecule has 2 rings (SSSR count). The maximum atomic E-state index is 12.9. The third-order valence-corrected chi connectivity index (χ3v) is 3.14. The average molecular weight is 363 g/mol. The SMILES string of the molecule is Nc1cc(F)ccc1C(=O)OCC(=O)NCC(=O)Nc1ccc(F)cc1. The van der Waals surface area contributed by atoms with Crippen molar-refractivity contribution in [2.75, 3.05) is 24.2 Å². The van der Waals surface area contributed by atoms with Gasteiger partial charge < -0.3 is 21.1 Å². The number of hydrogen-bond acceptors (Lipinski definition) is 5. The maximum Gasteiger partial charge on any atom is 0.340 e. The summed E-state index contributed by atoms with van der Waals surface area (Å²) < 4.78 is 30.4. The fourth-order valence-electron chi connectivity index (χ4n) is 1.90. The van der Waals surface area contributed by atoms with Gasteiger partial charge in [0.25, 0.3) is 5.91 Å². The summed E-state index contributed by atoms with van der Waals surface area (Å²) in [7, 11) is 0. The highest BCUT2D eigenvalue weighted by Crippen LogP contribution is 2.14. The van der Waals surface area contributed by atoms with Gasteiger partial charge in [-0.15, -0.1) is 0 Å². The summed E-state index contributed by atoms with van der Waals surface area (Å²) in [5, 5.41) is 4.70. The van der Waals surface area contributed by atoms with Crippen LogP contribution in [-0.2, 0) is 14.3 Å². The van der Waals surface area contributed by atoms with E-state index in [9.17, 15) is 23.2 Å². The van der Waals surface area contributed by atoms with E-state index in [0.717, 1.165) is 18.2 Å². The van der Waals surface area contributed by atoms with E-state index in [1.807, 2.05) is 0 Å². The first kappa shape index (κ1) is 18.8. The quantitative estimate of drug-likeness (QED) is 0.532. The van der Waals surface area contributed by atoms with Gasteiger partial charge in [0.1, 0.15) is 11.6 Å². The Balaban J connectivity index is 1.75. The van der Waals surface area contributed by atoms with Crippen LogP contribution in [0.5, 0.6) is 0 Å². The van der Waals surface area contributed by atoms with Gasteiger partial charge in [0.2, 0.25) is 5.91 Å². The standard InChI is InChI=1S/C17H15F2N3O4/c18-10-1-4-12(5-2-10)22-15(23)8-21-16(24)9-26-17(25)13-6-3-11(19)7-14(13)20/h1-7H,8-9,20H2,(H,21,24)(H,22,23). The molecule has 0 aliphatic rings. The lowest BCUT2D eigenvalue weighted by molar-refractivity contribution is -0.126. The van der Waals surface area contributed by atoms with E-state index in [1.165, 1.54) is 24.3 Å². The van der Waals surface area contributed by atoms with E-state index in [2.05, 4.69) is 10.6 Å². The van der Waals surface area contributed by atoms with Gasteiger partial charge >= 0.3 is 5.97 Å². The van der Waals surface area contributed by atoms with E-state index in [-0.39, 0.29) is 17.8 Å². The smallest absolute Gasteiger partial charge is 0.340 e. The lowest BCUT2D eigenvalue weighted by Crippen LogP contribution is -2.35. The molecule has 0 radical (unpaired) electrons. The lowest BCUT2D eigenvalue weighted by atomic mass is 10.2. The number of carbonyl (C=O) groups excluding carboxylic acids is 3. The second-order valence-corrected chi connectivity index (χ2v) is 5.14. The number of esters is 1. The van der Waals surface area contributed by atoms with E-state index in [1.54, 1.807) is 0 Å². The molecule has 4 N–H and O–H groups in total. The molecular formula is C17H15F2N3O4. The summed E-state index contributed by atoms with van der Waals surface area (Å²) >= 11 is 0. The Morgan fingerprint density at radius 1 is 0.962 bits per heavy atom. The van der Waals surface area contributed by atoms with Crippen LogP contribution in [0.3, 0.4) is 0 Å². The lowest BCUT2D eigenvalue weighted by Gasteiger charge is -2.08. The van der Waals surface area contributed by atoms with E-state index < -0.39 is 36.0 Å². The van der Waals surface area contributed by atoms with Crippen LogP contribution in [0.1, 0.15) is 10.4 Å². The maximum absolute atomic E-state index is 12.9. The summed E-state index contributed by atoms with van der Waals surface area (Å²) in [6, 6.07) is 8.21. The molecule has 0 bridgehead atoms. The second kappa shape index (κ2) is 8.56. The van der Waals surface area contributed by atoms with Gasteiger partial charge in [0.15, 0.2) is 6.61 Å². The number of carbonyl (C=O) groups is 3. The van der Waals surface area contributed by atoms with Crippen molar-refractivity contribution in [1.82, 2.24) is 5.32 Å². The molecule has 2 amide bonds. The Bertz CT molecular complexity index is 825. The Hall–Kier alpha value is -3.49. The van der Waals surface area contributed by atoms with Gasteiger partial charge in [-0.2, -0.15) is 0 Å². The predicted molar refractivity (Wildman–Crippen MR) is 89.1 cm³/mol. The number of benzene rings is 2. The minimum atomic E-state index is -0.895. The van der Waals surface area contributed by atoms with Crippen molar-refractivity contribution in [2.24, 2.45) is 0 Å². The van der Waals surface area contributed by atoms with Crippen molar-refractivity contribution in [3.05, 3.63) is 59.7 Å². The largest absolute Gasteiger partial charge is 0.452 e. The number of ether oxygens (including phenoxy) is 1. The Labute approximate surface area is 147 Å². The van der Waals surface area contributed by atoms with Crippen LogP contribution >= 0.6 is 0 Å². The average Bonchev–Trinajstić information content (AvgIpc) is 2.60. The number of amides is 2. The highest BCUT2D eigenvalue weighted by molar-refractivity contribution is 5.97. The zero-order chi connectivity index (χ0) is 19.1. The number of rotatable bonds is 6. The predicted octanol–water partition coefficient (Wildman–Crippen LogP) is 1.46. The first-order valence-electron chi connectivity index (χ1n) is 7.39. The molecule has 136 valence electrons. The molecule has 0 aliphatic carbocycles. The molecule has 0 saturated carbocycles. The number of halogens is 2. The van der Waals surface area contributed by atoms with Gasteiger partial charge in [-0.05, 0) is 42.5 Å². The molecule has 0 aromatic heterocycles. The molecule has 2 aromatic rings. The molecular weight excluding hydrogens is 348 g/mol. The number of nitrogen functional groups attached to an aromatic ring is 1. The molecule has 0 aliphatic heterocycles. The molecule has 0 saturated heterocycles. The summed E-state index contributed by atoms with van der Waals surface area (Å²) in [5.74, 6) is -3.20. The molecule has 7 nitrogen and oxygen atoms in total. The van der Waals surface area contributed by atoms with Gasteiger partial charge in [-0.3, -0.25) is 9.59 Å². The van der Waals surface area contributed by atoms with Crippen molar-refractivity contribution < 1.29 is 27.9 Å². The highest BCUT2D eigenvalue weighted by atomic mass is 19.1. The molecule has 26 heavy (non-hydrogen) atoms. The van der Waals surface area contributed by atoms with Crippen LogP contribution in [0, 0.1) is 11.6 Å². The van der Waals surface area contributed by atoms with Crippen LogP contribution in [0.15, 0.2) is 42.5 Å². The van der Waals surface area contributed by atoms with Crippen molar-refractivity contribution in [3.8, 4) is 0 Å². The van der Waals surface area contributed by atoms with Crippen molar-refractivity contribution in [1.29, 1.82) is 0 Å². The minimum Gasteiger partial charge on any atom is -0.452 e. The fraction of sp³-hybridized carbons (Fsp3) is 0.118. The van der Waals surface area contributed by atoms with Gasteiger partial charge in [0.05, 0.1) is 12.1 Å². The zero-order valence-electron chi connectivity index (χ0n) is 13.4. The third-order valence-electron chi connectivity index (χ3n) is 3.14. The number of anilines is 2. The molecule has 0 heterocycles. The van der Waals surface area contributed by atoms with Crippen molar-refractivity contribution in [3.63, 3.8) is 0 Å². The third kappa shape index (κ3) is 5.55. The first-order valence-corrected chi connectivity index (χ1v) is 7.39. The van der Waals surface area contributed by atoms with Gasteiger partial charge in [-0.25, -0.2) is 13.6 Å². The molecule has 0 atom stereocenters. The van der Waals surface area contributed by atoms with Crippen LogP contribution in [0.25, 0.3) is 0 Å². The number of hydrogen-bond donors (Lipinski definition) is 3. The summed E-state index contributed by atoms with van der Waals surface area (Å²) in [4.78, 5) is 35.0. The Kier molecular flexibility index (Phi) is 6.20. The zero-order valence-corrected chi connectivity index (χ0v) is 13.4. The molecule has 0 unspecified atom stereocenters. The number of nitrogens with one attached hydrogen (secondary N) is 2. The van der Waals surface area contributed by atoms with Crippen LogP contribution in [0.4, 0.5) is 20.2 Å². The molecule has 2 aromatic carbocycles. The second-order valence-electron chi connectivity index (χ2n) is 5.14. The summed E-state index contributed by atoms with van der Waals surface area (Å²) in [6.07, 6.45) is 0. The summed E-state index contributed by atoms with van der Waals surface area (Å²) in [5.41, 5.74) is 5.66. The van der Waals surface area contributed by atoms with Crippen molar-refractivity contribution >= 4 is 29.2 Å². The monoisotopic (exact) mass is 363 g/mol. The summed E-state index contributed by atoms with van der Waals surface area (Å²) in [6.45, 7) is -1.01. The van der Waals surface area contributed by atoms with Gasteiger partial charge in [-0.1, -0.05) is 0 Å². The van der Waals surface area contributed by atoms with E-state index >= 15 is 0 Å². The molecule has 9 heteroatoms. The van der Waals surface area contributed by atoms with Crippen molar-refractivity contribution in [2.45, 2.75) is 0 Å². The topological polar surface area (TPSA) is 111 Å². The van der Waals surface area contributed by atoms with E-state index in [4.69, 9.17) is 10.5 Å². The highest BCUT2D eigenvalue weighted by Gasteiger charge is 2.14. The fourth-order valence-corrected chi connectivity index (χ4v) is 1.90. The van der Waals surface area contributed by atoms with Crippen LogP contribution in [0.2, 0.25) is 0 Å². The first-order chi connectivity index (χ1) is 12.3. The number of nitrogens with two attached hydrogens (primary N) is 1. The van der Waals surface area contributed by atoms with Gasteiger partial charge in [0, 0.05) is 11.4 Å². The van der Waals surface area contributed by atoms with Crippen LogP contribution < -0.4 is 16.4 Å². The molecule has 0 fully saturated rings. The van der Waals surface area contributed by atoms with E-state index in [0.29, 0.717) is 5.69 Å².